The fraction of sp³-hybridized carbons (Fsp3) is 0.429. The Hall–Kier alpha value is -1.93. The van der Waals surface area contributed by atoms with Crippen molar-refractivity contribution in [2.45, 2.75) is 25.7 Å². The van der Waals surface area contributed by atoms with Gasteiger partial charge in [0.1, 0.15) is 0 Å². The molecule has 118 valence electrons. The Bertz CT molecular complexity index is 689. The van der Waals surface area contributed by atoms with E-state index in [0.717, 1.165) is 25.7 Å². The normalized spacial score (nSPS) is 17.1. The Labute approximate surface area is 130 Å². The Morgan fingerprint density at radius 3 is 2.45 bits per heavy atom. The lowest BCUT2D eigenvalue weighted by Crippen LogP contribution is -2.36. The van der Waals surface area contributed by atoms with Gasteiger partial charge in [0.25, 0.3) is 0 Å². The van der Waals surface area contributed by atoms with Crippen LogP contribution < -0.4 is 4.72 Å². The quantitative estimate of drug-likeness (QED) is 0.931. The van der Waals surface area contributed by atoms with E-state index >= 15 is 0 Å². The van der Waals surface area contributed by atoms with Gasteiger partial charge in [-0.2, -0.15) is 17.8 Å². The van der Waals surface area contributed by atoms with Gasteiger partial charge in [-0.05, 0) is 31.0 Å². The minimum absolute atomic E-state index is 0.458. The predicted octanol–water partition coefficient (Wildman–Crippen LogP) is 1.80. The van der Waals surface area contributed by atoms with Crippen molar-refractivity contribution in [1.29, 1.82) is 0 Å². The fourth-order valence-corrected chi connectivity index (χ4v) is 3.77. The summed E-state index contributed by atoms with van der Waals surface area (Å²) in [6.07, 6.45) is 8.96. The van der Waals surface area contributed by atoms with E-state index < -0.39 is 10.2 Å². The van der Waals surface area contributed by atoms with E-state index in [2.05, 4.69) is 14.8 Å². The molecule has 1 N–H and O–H groups in total. The van der Waals surface area contributed by atoms with Gasteiger partial charge >= 0.3 is 10.2 Å². The van der Waals surface area contributed by atoms with Gasteiger partial charge in [-0.25, -0.2) is 9.67 Å². The van der Waals surface area contributed by atoms with Crippen molar-refractivity contribution < 1.29 is 8.42 Å². The predicted molar refractivity (Wildman–Crippen MR) is 83.9 cm³/mol. The number of hydrogen-bond acceptors (Lipinski definition) is 4. The second-order valence-electron chi connectivity index (χ2n) is 5.28. The monoisotopic (exact) mass is 321 g/mol. The van der Waals surface area contributed by atoms with Gasteiger partial charge in [0.2, 0.25) is 0 Å². The molecule has 0 aromatic carbocycles. The van der Waals surface area contributed by atoms with Crippen molar-refractivity contribution in [3.63, 3.8) is 0 Å². The molecule has 0 spiro atoms. The second-order valence-corrected chi connectivity index (χ2v) is 6.95. The van der Waals surface area contributed by atoms with Gasteiger partial charge < -0.3 is 0 Å². The Morgan fingerprint density at radius 1 is 1.09 bits per heavy atom. The number of nitrogens with zero attached hydrogens (tertiary/aromatic N) is 4. The molecule has 0 bridgehead atoms. The summed E-state index contributed by atoms with van der Waals surface area (Å²) in [6, 6.07) is 5.23. The third-order valence-corrected chi connectivity index (χ3v) is 5.18. The van der Waals surface area contributed by atoms with Crippen LogP contribution in [0.15, 0.2) is 36.8 Å². The molecular formula is C14H19N5O2S. The zero-order valence-corrected chi connectivity index (χ0v) is 13.0. The van der Waals surface area contributed by atoms with Gasteiger partial charge in [-0.3, -0.25) is 4.72 Å². The minimum Gasteiger partial charge on any atom is -0.269 e. The first-order valence-electron chi connectivity index (χ1n) is 7.39. The lowest BCUT2D eigenvalue weighted by molar-refractivity contribution is 0.427. The minimum atomic E-state index is -3.51. The molecule has 0 amide bonds. The number of aromatic nitrogens is 3. The third kappa shape index (κ3) is 3.45. The summed E-state index contributed by atoms with van der Waals surface area (Å²) in [4.78, 5) is 4.22. The van der Waals surface area contributed by atoms with Crippen LogP contribution in [-0.2, 0) is 10.2 Å². The van der Waals surface area contributed by atoms with Crippen LogP contribution in [0, 0.1) is 0 Å². The smallest absolute Gasteiger partial charge is 0.269 e. The topological polar surface area (TPSA) is 80.1 Å². The Kier molecular flexibility index (Phi) is 4.39. The molecule has 0 atom stereocenters. The summed E-state index contributed by atoms with van der Waals surface area (Å²) in [5.41, 5.74) is 0.458. The Balaban J connectivity index is 1.71. The lowest BCUT2D eigenvalue weighted by Gasteiger charge is -2.20. The lowest BCUT2D eigenvalue weighted by atomic mass is 10.2. The van der Waals surface area contributed by atoms with Crippen LogP contribution in [0.25, 0.3) is 5.82 Å². The van der Waals surface area contributed by atoms with Gasteiger partial charge in [0.05, 0.1) is 11.9 Å². The molecule has 3 rings (SSSR count). The van der Waals surface area contributed by atoms with Gasteiger partial charge in [0.15, 0.2) is 5.82 Å². The number of anilines is 1. The van der Waals surface area contributed by atoms with Crippen LogP contribution in [-0.4, -0.2) is 40.6 Å². The van der Waals surface area contributed by atoms with Crippen LogP contribution in [0.2, 0.25) is 0 Å². The molecule has 2 aromatic rings. The van der Waals surface area contributed by atoms with Crippen LogP contribution in [0.4, 0.5) is 5.69 Å². The van der Waals surface area contributed by atoms with Crippen molar-refractivity contribution in [3.8, 4) is 5.82 Å². The molecule has 8 heteroatoms. The van der Waals surface area contributed by atoms with Crippen LogP contribution in [0.3, 0.4) is 0 Å². The first-order valence-corrected chi connectivity index (χ1v) is 8.83. The first kappa shape index (κ1) is 15.0. The number of nitrogens with one attached hydrogen (secondary N) is 1. The molecule has 0 saturated carbocycles. The van der Waals surface area contributed by atoms with Crippen molar-refractivity contribution >= 4 is 15.9 Å². The SMILES string of the molecule is O=S(=O)(Nc1ccc(-n2cccn2)nc1)N1CCCCCC1. The second kappa shape index (κ2) is 6.45. The standard InChI is InChI=1S/C14H19N5O2S/c20-22(21,18-9-3-1-2-4-10-18)17-13-6-7-14(15-12-13)19-11-5-8-16-19/h5-8,11-12,17H,1-4,9-10H2. The molecule has 2 aromatic heterocycles. The number of pyridine rings is 1. The van der Waals surface area contributed by atoms with Crippen molar-refractivity contribution in [3.05, 3.63) is 36.8 Å². The van der Waals surface area contributed by atoms with E-state index in [9.17, 15) is 8.42 Å². The van der Waals surface area contributed by atoms with E-state index in [0.29, 0.717) is 24.6 Å². The van der Waals surface area contributed by atoms with Crippen molar-refractivity contribution in [2.75, 3.05) is 17.8 Å². The van der Waals surface area contributed by atoms with Gasteiger partial charge in [0, 0.05) is 25.5 Å². The van der Waals surface area contributed by atoms with Crippen LogP contribution in [0.1, 0.15) is 25.7 Å². The highest BCUT2D eigenvalue weighted by molar-refractivity contribution is 7.90. The molecule has 1 aliphatic rings. The maximum Gasteiger partial charge on any atom is 0.301 e. The maximum atomic E-state index is 12.4. The molecule has 1 aliphatic heterocycles. The van der Waals surface area contributed by atoms with E-state index in [-0.39, 0.29) is 0 Å². The molecule has 0 radical (unpaired) electrons. The molecule has 7 nitrogen and oxygen atoms in total. The van der Waals surface area contributed by atoms with Crippen molar-refractivity contribution in [2.24, 2.45) is 0 Å². The molecule has 0 unspecified atom stereocenters. The van der Waals surface area contributed by atoms with E-state index in [1.54, 1.807) is 35.3 Å². The maximum absolute atomic E-state index is 12.4. The van der Waals surface area contributed by atoms with Crippen molar-refractivity contribution in [1.82, 2.24) is 19.1 Å². The summed E-state index contributed by atoms with van der Waals surface area (Å²) < 4.78 is 30.5. The summed E-state index contributed by atoms with van der Waals surface area (Å²) >= 11 is 0. The molecular weight excluding hydrogens is 302 g/mol. The van der Waals surface area contributed by atoms with E-state index in [4.69, 9.17) is 0 Å². The summed E-state index contributed by atoms with van der Waals surface area (Å²) in [5, 5.41) is 4.08. The summed E-state index contributed by atoms with van der Waals surface area (Å²) in [6.45, 7) is 1.16. The number of rotatable bonds is 4. The largest absolute Gasteiger partial charge is 0.301 e. The van der Waals surface area contributed by atoms with Crippen LogP contribution >= 0.6 is 0 Å². The third-order valence-electron chi connectivity index (χ3n) is 3.64. The number of hydrogen-bond donors (Lipinski definition) is 1. The zero-order chi connectivity index (χ0) is 15.4. The van der Waals surface area contributed by atoms with E-state index in [1.807, 2.05) is 0 Å². The van der Waals surface area contributed by atoms with Gasteiger partial charge in [-0.15, -0.1) is 0 Å². The molecule has 1 saturated heterocycles. The zero-order valence-electron chi connectivity index (χ0n) is 12.2. The van der Waals surface area contributed by atoms with Gasteiger partial charge in [-0.1, -0.05) is 12.8 Å². The van der Waals surface area contributed by atoms with Crippen LogP contribution in [0.5, 0.6) is 0 Å². The highest BCUT2D eigenvalue weighted by atomic mass is 32.2. The highest BCUT2D eigenvalue weighted by Gasteiger charge is 2.22. The first-order chi connectivity index (χ1) is 10.6. The molecule has 0 aliphatic carbocycles. The average molecular weight is 321 g/mol. The highest BCUT2D eigenvalue weighted by Crippen LogP contribution is 2.16. The Morgan fingerprint density at radius 2 is 1.86 bits per heavy atom. The summed E-state index contributed by atoms with van der Waals surface area (Å²) in [7, 11) is -3.51. The fourth-order valence-electron chi connectivity index (χ4n) is 2.48. The average Bonchev–Trinajstić information content (AvgIpc) is 2.89. The molecule has 3 heterocycles. The van der Waals surface area contributed by atoms with E-state index in [1.165, 1.54) is 10.5 Å². The summed E-state index contributed by atoms with van der Waals surface area (Å²) in [5.74, 6) is 0.641. The molecule has 1 fully saturated rings. The molecule has 22 heavy (non-hydrogen) atoms.